The molecule has 3 nitrogen and oxygen atoms in total. The number of thioether (sulfide) groups is 1. The molecule has 0 saturated heterocycles. The summed E-state index contributed by atoms with van der Waals surface area (Å²) < 4.78 is 36.8. The van der Waals surface area contributed by atoms with E-state index in [1.165, 1.54) is 24.3 Å². The summed E-state index contributed by atoms with van der Waals surface area (Å²) in [6.45, 7) is 0. The molecule has 124 valence electrons. The van der Waals surface area contributed by atoms with Crippen LogP contribution in [-0.2, 0) is 11.2 Å². The van der Waals surface area contributed by atoms with Crippen LogP contribution in [0.4, 0.5) is 18.9 Å². The number of nitrogens with one attached hydrogen (secondary N) is 2. The number of amides is 1. The number of H-pyrrole nitrogens is 1. The Morgan fingerprint density at radius 2 is 1.83 bits per heavy atom. The molecule has 0 aliphatic heterocycles. The molecule has 0 radical (unpaired) electrons. The fourth-order valence-electron chi connectivity index (χ4n) is 2.34. The molecule has 3 rings (SSSR count). The first-order chi connectivity index (χ1) is 11.4. The van der Waals surface area contributed by atoms with Crippen molar-refractivity contribution in [2.24, 2.45) is 0 Å². The van der Waals surface area contributed by atoms with Gasteiger partial charge in [-0.3, -0.25) is 4.79 Å². The smallest absolute Gasteiger partial charge is 0.361 e. The summed E-state index contributed by atoms with van der Waals surface area (Å²) in [5.74, 6) is -0.221. The van der Waals surface area contributed by atoms with Crippen LogP contribution in [0.3, 0.4) is 0 Å². The van der Waals surface area contributed by atoms with Gasteiger partial charge in [0, 0.05) is 22.3 Å². The second kappa shape index (κ2) is 6.60. The number of alkyl halides is 3. The van der Waals surface area contributed by atoms with Crippen molar-refractivity contribution in [2.75, 3.05) is 5.32 Å². The number of carbonyl (C=O) groups excluding carboxylic acids is 1. The maximum absolute atomic E-state index is 12.3. The van der Waals surface area contributed by atoms with Gasteiger partial charge in [0.15, 0.2) is 0 Å². The average Bonchev–Trinajstić information content (AvgIpc) is 2.95. The van der Waals surface area contributed by atoms with Crippen molar-refractivity contribution in [3.8, 4) is 0 Å². The van der Waals surface area contributed by atoms with E-state index in [9.17, 15) is 18.0 Å². The SMILES string of the molecule is O=C(Cc1ccc2[nH]ccc2c1)Nc1ccc(SC(F)(F)F)cc1. The molecule has 1 aromatic heterocycles. The highest BCUT2D eigenvalue weighted by atomic mass is 32.2. The number of hydrogen-bond donors (Lipinski definition) is 2. The van der Waals surface area contributed by atoms with Crippen molar-refractivity contribution in [3.05, 3.63) is 60.3 Å². The largest absolute Gasteiger partial charge is 0.446 e. The van der Waals surface area contributed by atoms with E-state index in [2.05, 4.69) is 10.3 Å². The molecule has 0 atom stereocenters. The minimum atomic E-state index is -4.32. The maximum Gasteiger partial charge on any atom is 0.446 e. The van der Waals surface area contributed by atoms with Gasteiger partial charge in [0.1, 0.15) is 0 Å². The third-order valence-corrected chi connectivity index (χ3v) is 4.09. The molecule has 0 fully saturated rings. The Hall–Kier alpha value is -2.41. The Bertz CT molecular complexity index is 856. The van der Waals surface area contributed by atoms with Crippen molar-refractivity contribution in [1.29, 1.82) is 0 Å². The monoisotopic (exact) mass is 350 g/mol. The summed E-state index contributed by atoms with van der Waals surface area (Å²) in [5.41, 5.74) is -1.99. The lowest BCUT2D eigenvalue weighted by Gasteiger charge is -2.08. The van der Waals surface area contributed by atoms with Crippen molar-refractivity contribution in [1.82, 2.24) is 4.98 Å². The second-order valence-electron chi connectivity index (χ2n) is 5.20. The van der Waals surface area contributed by atoms with Gasteiger partial charge < -0.3 is 10.3 Å². The Morgan fingerprint density at radius 1 is 1.08 bits per heavy atom. The number of aromatic nitrogens is 1. The number of anilines is 1. The van der Waals surface area contributed by atoms with E-state index in [4.69, 9.17) is 0 Å². The normalized spacial score (nSPS) is 11.6. The van der Waals surface area contributed by atoms with Crippen LogP contribution >= 0.6 is 11.8 Å². The van der Waals surface area contributed by atoms with Crippen LogP contribution in [0.5, 0.6) is 0 Å². The first kappa shape index (κ1) is 16.4. The Kier molecular flexibility index (Phi) is 4.53. The molecule has 7 heteroatoms. The van der Waals surface area contributed by atoms with E-state index in [1.807, 2.05) is 30.5 Å². The quantitative estimate of drug-likeness (QED) is 0.653. The summed E-state index contributed by atoms with van der Waals surface area (Å²) in [5, 5.41) is 3.71. The standard InChI is InChI=1S/C17H13F3N2OS/c18-17(19,20)24-14-4-2-13(3-5-14)22-16(23)10-11-1-6-15-12(9-11)7-8-21-15/h1-9,21H,10H2,(H,22,23). The summed E-state index contributed by atoms with van der Waals surface area (Å²) in [6.07, 6.45) is 2.02. The Balaban J connectivity index is 1.61. The molecule has 1 amide bonds. The Morgan fingerprint density at radius 3 is 2.54 bits per heavy atom. The molecule has 2 aromatic carbocycles. The molecular formula is C17H13F3N2OS. The van der Waals surface area contributed by atoms with Crippen molar-refractivity contribution < 1.29 is 18.0 Å². The molecule has 0 aliphatic rings. The van der Waals surface area contributed by atoms with E-state index >= 15 is 0 Å². The van der Waals surface area contributed by atoms with E-state index in [0.29, 0.717) is 5.69 Å². The lowest BCUT2D eigenvalue weighted by molar-refractivity contribution is -0.115. The van der Waals surface area contributed by atoms with Gasteiger partial charge in [-0.25, -0.2) is 0 Å². The van der Waals surface area contributed by atoms with Crippen LogP contribution < -0.4 is 5.32 Å². The average molecular weight is 350 g/mol. The van der Waals surface area contributed by atoms with Gasteiger partial charge in [0.05, 0.1) is 6.42 Å². The van der Waals surface area contributed by atoms with Crippen LogP contribution in [0.2, 0.25) is 0 Å². The van der Waals surface area contributed by atoms with Gasteiger partial charge in [-0.15, -0.1) is 0 Å². The van der Waals surface area contributed by atoms with Crippen LogP contribution in [0.25, 0.3) is 10.9 Å². The van der Waals surface area contributed by atoms with E-state index in [0.717, 1.165) is 16.5 Å². The highest BCUT2D eigenvalue weighted by molar-refractivity contribution is 8.00. The zero-order chi connectivity index (χ0) is 17.2. The Labute approximate surface area is 140 Å². The summed E-state index contributed by atoms with van der Waals surface area (Å²) in [7, 11) is 0. The zero-order valence-electron chi connectivity index (χ0n) is 12.4. The van der Waals surface area contributed by atoms with E-state index in [1.54, 1.807) is 0 Å². The molecule has 3 aromatic rings. The molecule has 0 saturated carbocycles. The summed E-state index contributed by atoms with van der Waals surface area (Å²) in [4.78, 5) is 15.2. The summed E-state index contributed by atoms with van der Waals surface area (Å²) >= 11 is -0.183. The molecule has 0 spiro atoms. The molecule has 0 aliphatic carbocycles. The van der Waals surface area contributed by atoms with Gasteiger partial charge in [-0.1, -0.05) is 6.07 Å². The number of halogens is 3. The van der Waals surface area contributed by atoms with Gasteiger partial charge in [-0.05, 0) is 65.2 Å². The number of aromatic amines is 1. The van der Waals surface area contributed by atoms with Crippen LogP contribution in [-0.4, -0.2) is 16.4 Å². The van der Waals surface area contributed by atoms with Gasteiger partial charge in [-0.2, -0.15) is 13.2 Å². The van der Waals surface area contributed by atoms with Crippen LogP contribution in [0, 0.1) is 0 Å². The van der Waals surface area contributed by atoms with Crippen LogP contribution in [0.1, 0.15) is 5.56 Å². The fraction of sp³-hybridized carbons (Fsp3) is 0.118. The molecule has 1 heterocycles. The minimum absolute atomic E-state index is 0.0819. The highest BCUT2D eigenvalue weighted by Crippen LogP contribution is 2.37. The summed E-state index contributed by atoms with van der Waals surface area (Å²) in [6, 6.07) is 13.2. The lowest BCUT2D eigenvalue weighted by Crippen LogP contribution is -2.14. The van der Waals surface area contributed by atoms with Crippen molar-refractivity contribution in [3.63, 3.8) is 0 Å². The third kappa shape index (κ3) is 4.32. The van der Waals surface area contributed by atoms with Crippen molar-refractivity contribution in [2.45, 2.75) is 16.8 Å². The van der Waals surface area contributed by atoms with Gasteiger partial charge >= 0.3 is 5.51 Å². The zero-order valence-corrected chi connectivity index (χ0v) is 13.2. The fourth-order valence-corrected chi connectivity index (χ4v) is 2.88. The lowest BCUT2D eigenvalue weighted by atomic mass is 10.1. The number of rotatable bonds is 4. The first-order valence-electron chi connectivity index (χ1n) is 7.11. The molecular weight excluding hydrogens is 337 g/mol. The van der Waals surface area contributed by atoms with Gasteiger partial charge in [0.2, 0.25) is 5.91 Å². The molecule has 0 unspecified atom stereocenters. The highest BCUT2D eigenvalue weighted by Gasteiger charge is 2.29. The number of benzene rings is 2. The number of hydrogen-bond acceptors (Lipinski definition) is 2. The first-order valence-corrected chi connectivity index (χ1v) is 7.92. The van der Waals surface area contributed by atoms with Crippen LogP contribution in [0.15, 0.2) is 59.6 Å². The molecule has 2 N–H and O–H groups in total. The van der Waals surface area contributed by atoms with E-state index < -0.39 is 5.51 Å². The number of carbonyl (C=O) groups is 1. The van der Waals surface area contributed by atoms with E-state index in [-0.39, 0.29) is 29.0 Å². The van der Waals surface area contributed by atoms with Crippen molar-refractivity contribution >= 4 is 34.3 Å². The third-order valence-electron chi connectivity index (χ3n) is 3.35. The number of fused-ring (bicyclic) bond motifs is 1. The maximum atomic E-state index is 12.3. The second-order valence-corrected chi connectivity index (χ2v) is 6.33. The predicted molar refractivity (Wildman–Crippen MR) is 89.0 cm³/mol. The predicted octanol–water partition coefficient (Wildman–Crippen LogP) is 4.96. The van der Waals surface area contributed by atoms with Gasteiger partial charge in [0.25, 0.3) is 0 Å². The molecule has 24 heavy (non-hydrogen) atoms. The minimum Gasteiger partial charge on any atom is -0.361 e. The molecule has 0 bridgehead atoms. The topological polar surface area (TPSA) is 44.9 Å².